The molecule has 1 aromatic rings. The minimum Gasteiger partial charge on any atom is -0.478 e. The number of anilines is 1. The van der Waals surface area contributed by atoms with E-state index in [0.29, 0.717) is 18.2 Å². The number of amides is 2. The highest BCUT2D eigenvalue weighted by molar-refractivity contribution is 5.93. The van der Waals surface area contributed by atoms with Gasteiger partial charge in [-0.25, -0.2) is 9.59 Å². The molecule has 0 unspecified atom stereocenters. The molecule has 5 nitrogen and oxygen atoms in total. The summed E-state index contributed by atoms with van der Waals surface area (Å²) in [7, 11) is 0. The number of nitrogens with one attached hydrogen (secondary N) is 1. The predicted molar refractivity (Wildman–Crippen MR) is 79.1 cm³/mol. The number of carbonyl (C=O) groups is 2. The maximum Gasteiger partial charge on any atom is 0.335 e. The lowest BCUT2D eigenvalue weighted by molar-refractivity contribution is 0.0697. The van der Waals surface area contributed by atoms with Crippen molar-refractivity contribution in [3.8, 4) is 0 Å². The summed E-state index contributed by atoms with van der Waals surface area (Å²) in [5.41, 5.74) is 0.645. The van der Waals surface area contributed by atoms with Crippen molar-refractivity contribution in [2.45, 2.75) is 33.7 Å². The monoisotopic (exact) mass is 278 g/mol. The van der Waals surface area contributed by atoms with Gasteiger partial charge in [0.2, 0.25) is 0 Å². The van der Waals surface area contributed by atoms with Crippen LogP contribution in [0.4, 0.5) is 10.5 Å². The Morgan fingerprint density at radius 2 is 1.90 bits per heavy atom. The number of nitrogens with zero attached hydrogens (tertiary/aromatic N) is 1. The molecule has 0 aliphatic heterocycles. The van der Waals surface area contributed by atoms with Crippen molar-refractivity contribution in [1.82, 2.24) is 4.90 Å². The maximum absolute atomic E-state index is 12.2. The number of hydrogen-bond acceptors (Lipinski definition) is 2. The number of carbonyl (C=O) groups excluding carboxylic acids is 1. The van der Waals surface area contributed by atoms with Gasteiger partial charge in [-0.15, -0.1) is 0 Å². The van der Waals surface area contributed by atoms with Crippen molar-refractivity contribution < 1.29 is 14.7 Å². The maximum atomic E-state index is 12.2. The van der Waals surface area contributed by atoms with Gasteiger partial charge in [0.15, 0.2) is 0 Å². The molecule has 0 aliphatic rings. The van der Waals surface area contributed by atoms with Crippen molar-refractivity contribution in [1.29, 1.82) is 0 Å². The van der Waals surface area contributed by atoms with Gasteiger partial charge in [-0.3, -0.25) is 0 Å². The van der Waals surface area contributed by atoms with E-state index in [0.717, 1.165) is 0 Å². The second-order valence-corrected chi connectivity index (χ2v) is 5.46. The van der Waals surface area contributed by atoms with Crippen molar-refractivity contribution >= 4 is 17.7 Å². The molecule has 0 bridgehead atoms. The minimum atomic E-state index is -1.01. The van der Waals surface area contributed by atoms with E-state index in [1.165, 1.54) is 12.1 Å². The fourth-order valence-corrected chi connectivity index (χ4v) is 1.85. The van der Waals surface area contributed by atoms with E-state index in [-0.39, 0.29) is 17.6 Å². The van der Waals surface area contributed by atoms with Crippen LogP contribution in [0.1, 0.15) is 38.1 Å². The predicted octanol–water partition coefficient (Wildman–Crippen LogP) is 3.28. The van der Waals surface area contributed by atoms with E-state index in [2.05, 4.69) is 5.32 Å². The van der Waals surface area contributed by atoms with Gasteiger partial charge in [0.25, 0.3) is 0 Å². The minimum absolute atomic E-state index is 0.0834. The highest BCUT2D eigenvalue weighted by atomic mass is 16.4. The summed E-state index contributed by atoms with van der Waals surface area (Å²) in [4.78, 5) is 24.9. The third kappa shape index (κ3) is 4.57. The lowest BCUT2D eigenvalue weighted by Gasteiger charge is -2.28. The number of carboxylic acid groups (broad SMARTS) is 1. The van der Waals surface area contributed by atoms with Gasteiger partial charge >= 0.3 is 12.0 Å². The first-order valence-electron chi connectivity index (χ1n) is 6.72. The normalized spacial score (nSPS) is 10.7. The average Bonchev–Trinajstić information content (AvgIpc) is 2.35. The average molecular weight is 278 g/mol. The summed E-state index contributed by atoms with van der Waals surface area (Å²) in [6, 6.07) is 6.11. The van der Waals surface area contributed by atoms with Crippen LogP contribution < -0.4 is 5.32 Å². The van der Waals surface area contributed by atoms with Gasteiger partial charge in [-0.1, -0.05) is 19.9 Å². The first-order chi connectivity index (χ1) is 9.31. The third-order valence-corrected chi connectivity index (χ3v) is 2.81. The van der Waals surface area contributed by atoms with Crippen molar-refractivity contribution in [2.75, 3.05) is 11.9 Å². The van der Waals surface area contributed by atoms with Crippen molar-refractivity contribution in [3.63, 3.8) is 0 Å². The van der Waals surface area contributed by atoms with Crippen LogP contribution in [0.15, 0.2) is 24.3 Å². The molecule has 0 spiro atoms. The molecule has 5 heteroatoms. The van der Waals surface area contributed by atoms with Crippen LogP contribution in [0.25, 0.3) is 0 Å². The molecule has 0 heterocycles. The van der Waals surface area contributed by atoms with Gasteiger partial charge in [0.05, 0.1) is 5.56 Å². The number of benzene rings is 1. The molecule has 0 radical (unpaired) electrons. The molecule has 2 amide bonds. The Morgan fingerprint density at radius 1 is 1.25 bits per heavy atom. The van der Waals surface area contributed by atoms with E-state index in [1.54, 1.807) is 17.0 Å². The Balaban J connectivity index is 2.82. The molecule has 110 valence electrons. The van der Waals surface area contributed by atoms with Crippen LogP contribution in [0.5, 0.6) is 0 Å². The Bertz CT molecular complexity index is 484. The molecule has 0 aromatic heterocycles. The molecular weight excluding hydrogens is 256 g/mol. The summed E-state index contributed by atoms with van der Waals surface area (Å²) < 4.78 is 0. The zero-order valence-electron chi connectivity index (χ0n) is 12.4. The molecule has 1 rings (SSSR count). The highest BCUT2D eigenvalue weighted by Gasteiger charge is 2.18. The van der Waals surface area contributed by atoms with E-state index in [1.807, 2.05) is 27.7 Å². The number of carboxylic acids is 1. The molecule has 0 atom stereocenters. The molecule has 0 aliphatic carbocycles. The molecule has 1 aromatic carbocycles. The van der Waals surface area contributed by atoms with Crippen LogP contribution >= 0.6 is 0 Å². The van der Waals surface area contributed by atoms with Gasteiger partial charge in [-0.05, 0) is 38.0 Å². The second-order valence-electron chi connectivity index (χ2n) is 5.46. The van der Waals surface area contributed by atoms with Crippen LogP contribution in [-0.4, -0.2) is 34.6 Å². The fourth-order valence-electron chi connectivity index (χ4n) is 1.85. The molecule has 0 saturated carbocycles. The number of aromatic carboxylic acids is 1. The van der Waals surface area contributed by atoms with E-state index >= 15 is 0 Å². The smallest absolute Gasteiger partial charge is 0.335 e. The largest absolute Gasteiger partial charge is 0.478 e. The van der Waals surface area contributed by atoms with Gasteiger partial charge in [0.1, 0.15) is 0 Å². The summed E-state index contributed by atoms with van der Waals surface area (Å²) in [6.45, 7) is 8.66. The third-order valence-electron chi connectivity index (χ3n) is 2.81. The SMILES string of the molecule is CC(C)CN(C(=O)Nc1cccc(C(=O)O)c1)C(C)C. The molecule has 2 N–H and O–H groups in total. The van der Waals surface area contributed by atoms with E-state index in [4.69, 9.17) is 5.11 Å². The van der Waals surface area contributed by atoms with Gasteiger partial charge in [0, 0.05) is 18.3 Å². The van der Waals surface area contributed by atoms with Gasteiger partial charge in [-0.2, -0.15) is 0 Å². The topological polar surface area (TPSA) is 69.6 Å². The lowest BCUT2D eigenvalue weighted by Crippen LogP contribution is -2.42. The second kappa shape index (κ2) is 6.93. The van der Waals surface area contributed by atoms with Crippen LogP contribution in [0, 0.1) is 5.92 Å². The quantitative estimate of drug-likeness (QED) is 0.868. The van der Waals surface area contributed by atoms with Crippen molar-refractivity contribution in [2.24, 2.45) is 5.92 Å². The Labute approximate surface area is 119 Å². The number of hydrogen-bond donors (Lipinski definition) is 2. The Morgan fingerprint density at radius 3 is 2.40 bits per heavy atom. The standard InChI is InChI=1S/C15H22N2O3/c1-10(2)9-17(11(3)4)15(20)16-13-7-5-6-12(8-13)14(18)19/h5-8,10-11H,9H2,1-4H3,(H,16,20)(H,18,19). The number of rotatable bonds is 5. The summed E-state index contributed by atoms with van der Waals surface area (Å²) in [5, 5.41) is 11.7. The summed E-state index contributed by atoms with van der Waals surface area (Å²) in [6.07, 6.45) is 0. The van der Waals surface area contributed by atoms with E-state index < -0.39 is 5.97 Å². The number of urea groups is 1. The first kappa shape index (κ1) is 16.0. The van der Waals surface area contributed by atoms with Gasteiger partial charge < -0.3 is 15.3 Å². The van der Waals surface area contributed by atoms with Crippen LogP contribution in [-0.2, 0) is 0 Å². The molecule has 20 heavy (non-hydrogen) atoms. The fraction of sp³-hybridized carbons (Fsp3) is 0.467. The Kier molecular flexibility index (Phi) is 5.55. The highest BCUT2D eigenvalue weighted by Crippen LogP contribution is 2.13. The lowest BCUT2D eigenvalue weighted by atomic mass is 10.2. The summed E-state index contributed by atoms with van der Waals surface area (Å²) >= 11 is 0. The first-order valence-corrected chi connectivity index (χ1v) is 6.72. The van der Waals surface area contributed by atoms with Crippen LogP contribution in [0.2, 0.25) is 0 Å². The molecular formula is C15H22N2O3. The molecule has 0 saturated heterocycles. The zero-order chi connectivity index (χ0) is 15.3. The van der Waals surface area contributed by atoms with Crippen LogP contribution in [0.3, 0.4) is 0 Å². The van der Waals surface area contributed by atoms with Crippen molar-refractivity contribution in [3.05, 3.63) is 29.8 Å². The zero-order valence-corrected chi connectivity index (χ0v) is 12.4. The molecule has 0 fully saturated rings. The summed E-state index contributed by atoms with van der Waals surface area (Å²) in [5.74, 6) is -0.641. The Hall–Kier alpha value is -2.04. The van der Waals surface area contributed by atoms with E-state index in [9.17, 15) is 9.59 Å².